The van der Waals surface area contributed by atoms with Gasteiger partial charge in [-0.05, 0) is 37.3 Å². The van der Waals surface area contributed by atoms with E-state index in [1.54, 1.807) is 19.1 Å². The second kappa shape index (κ2) is 5.44. The number of halogens is 2. The summed E-state index contributed by atoms with van der Waals surface area (Å²) in [6, 6.07) is 8.49. The van der Waals surface area contributed by atoms with Crippen LogP contribution in [-0.4, -0.2) is 4.98 Å². The van der Waals surface area contributed by atoms with Gasteiger partial charge >= 0.3 is 0 Å². The second-order valence-corrected chi connectivity index (χ2v) is 4.08. The number of nitrogens with zero attached hydrogens (tertiary/aromatic N) is 2. The van der Waals surface area contributed by atoms with Gasteiger partial charge in [-0.3, -0.25) is 0 Å². The van der Waals surface area contributed by atoms with Gasteiger partial charge in [0.2, 0.25) is 0 Å². The van der Waals surface area contributed by atoms with Crippen molar-refractivity contribution >= 4 is 5.82 Å². The Kier molecular flexibility index (Phi) is 3.71. The third-order valence-electron chi connectivity index (χ3n) is 2.55. The van der Waals surface area contributed by atoms with Gasteiger partial charge in [0.15, 0.2) is 0 Å². The molecule has 96 valence electrons. The van der Waals surface area contributed by atoms with Gasteiger partial charge in [-0.1, -0.05) is 0 Å². The van der Waals surface area contributed by atoms with E-state index in [0.29, 0.717) is 17.1 Å². The van der Waals surface area contributed by atoms with E-state index in [-0.39, 0.29) is 12.1 Å². The monoisotopic (exact) mass is 259 g/mol. The first-order valence-electron chi connectivity index (χ1n) is 5.65. The molecule has 1 N–H and O–H groups in total. The third-order valence-corrected chi connectivity index (χ3v) is 2.55. The summed E-state index contributed by atoms with van der Waals surface area (Å²) in [5, 5.41) is 11.7. The van der Waals surface area contributed by atoms with Crippen molar-refractivity contribution in [2.75, 3.05) is 5.32 Å². The fraction of sp³-hybridized carbons (Fsp3) is 0.143. The maximum Gasteiger partial charge on any atom is 0.128 e. The van der Waals surface area contributed by atoms with Gasteiger partial charge in [-0.2, -0.15) is 5.26 Å². The van der Waals surface area contributed by atoms with Crippen LogP contribution in [0, 0.1) is 29.9 Å². The first kappa shape index (κ1) is 13.0. The number of rotatable bonds is 3. The number of nitriles is 1. The van der Waals surface area contributed by atoms with Crippen molar-refractivity contribution in [1.29, 1.82) is 5.26 Å². The molecule has 2 rings (SSSR count). The van der Waals surface area contributed by atoms with Crippen molar-refractivity contribution in [3.05, 3.63) is 58.8 Å². The SMILES string of the molecule is Cc1cc(C#N)cc(NCc2cc(F)ccc2F)n1. The molecule has 5 heteroatoms. The molecule has 0 saturated carbocycles. The van der Waals surface area contributed by atoms with E-state index in [9.17, 15) is 8.78 Å². The van der Waals surface area contributed by atoms with E-state index in [2.05, 4.69) is 10.3 Å². The van der Waals surface area contributed by atoms with E-state index in [4.69, 9.17) is 5.26 Å². The highest BCUT2D eigenvalue weighted by Gasteiger charge is 2.05. The van der Waals surface area contributed by atoms with E-state index < -0.39 is 11.6 Å². The van der Waals surface area contributed by atoms with Gasteiger partial charge in [0, 0.05) is 17.8 Å². The van der Waals surface area contributed by atoms with Gasteiger partial charge in [0.05, 0.1) is 11.6 Å². The number of aromatic nitrogens is 1. The Balaban J connectivity index is 2.17. The molecule has 2 aromatic rings. The highest BCUT2D eigenvalue weighted by Crippen LogP contribution is 2.14. The zero-order valence-electron chi connectivity index (χ0n) is 10.2. The lowest BCUT2D eigenvalue weighted by Gasteiger charge is -2.08. The quantitative estimate of drug-likeness (QED) is 0.921. The lowest BCUT2D eigenvalue weighted by molar-refractivity contribution is 0.587. The molecule has 0 spiro atoms. The topological polar surface area (TPSA) is 48.7 Å². The smallest absolute Gasteiger partial charge is 0.128 e. The molecular weight excluding hydrogens is 248 g/mol. The Morgan fingerprint density at radius 3 is 2.79 bits per heavy atom. The molecule has 19 heavy (non-hydrogen) atoms. The molecule has 3 nitrogen and oxygen atoms in total. The Morgan fingerprint density at radius 2 is 2.05 bits per heavy atom. The maximum atomic E-state index is 13.4. The van der Waals surface area contributed by atoms with Gasteiger partial charge in [0.1, 0.15) is 17.5 Å². The highest BCUT2D eigenvalue weighted by atomic mass is 19.1. The van der Waals surface area contributed by atoms with Crippen LogP contribution in [0.1, 0.15) is 16.8 Å². The molecule has 1 aromatic carbocycles. The number of aryl methyl sites for hydroxylation is 1. The Bertz CT molecular complexity index is 648. The molecule has 0 aliphatic heterocycles. The number of benzene rings is 1. The first-order valence-corrected chi connectivity index (χ1v) is 5.65. The third kappa shape index (κ3) is 3.26. The predicted octanol–water partition coefficient (Wildman–Crippen LogP) is 3.15. The second-order valence-electron chi connectivity index (χ2n) is 4.08. The molecule has 0 amide bonds. The molecule has 0 unspecified atom stereocenters. The van der Waals surface area contributed by atoms with Gasteiger partial charge < -0.3 is 5.32 Å². The minimum Gasteiger partial charge on any atom is -0.366 e. The molecule has 0 aliphatic carbocycles. The van der Waals surface area contributed by atoms with Crippen LogP contribution in [0.25, 0.3) is 0 Å². The largest absolute Gasteiger partial charge is 0.366 e. The molecule has 0 radical (unpaired) electrons. The van der Waals surface area contributed by atoms with Crippen LogP contribution in [0.4, 0.5) is 14.6 Å². The highest BCUT2D eigenvalue weighted by molar-refractivity contribution is 5.44. The van der Waals surface area contributed by atoms with E-state index in [1.165, 1.54) is 0 Å². The minimum absolute atomic E-state index is 0.102. The van der Waals surface area contributed by atoms with E-state index in [0.717, 1.165) is 18.2 Å². The molecule has 0 saturated heterocycles. The molecule has 0 fully saturated rings. The molecule has 0 bridgehead atoms. The fourth-order valence-corrected chi connectivity index (χ4v) is 1.69. The summed E-state index contributed by atoms with van der Waals surface area (Å²) >= 11 is 0. The summed E-state index contributed by atoms with van der Waals surface area (Å²) in [6.45, 7) is 1.86. The molecule has 1 heterocycles. The molecule has 0 aliphatic rings. The predicted molar refractivity (Wildman–Crippen MR) is 67.4 cm³/mol. The molecule has 1 aromatic heterocycles. The summed E-state index contributed by atoms with van der Waals surface area (Å²) in [5.74, 6) is -0.518. The Morgan fingerprint density at radius 1 is 1.26 bits per heavy atom. The zero-order valence-corrected chi connectivity index (χ0v) is 10.2. The normalized spacial score (nSPS) is 10.0. The van der Waals surface area contributed by atoms with Crippen LogP contribution >= 0.6 is 0 Å². The Labute approximate surface area is 109 Å². The Hall–Kier alpha value is -2.48. The standard InChI is InChI=1S/C14H11F2N3/c1-9-4-10(7-17)5-14(19-9)18-8-11-6-12(15)2-3-13(11)16/h2-6H,8H2,1H3,(H,18,19). The lowest BCUT2D eigenvalue weighted by Crippen LogP contribution is -2.04. The lowest BCUT2D eigenvalue weighted by atomic mass is 10.2. The van der Waals surface area contributed by atoms with Crippen LogP contribution < -0.4 is 5.32 Å². The van der Waals surface area contributed by atoms with Crippen LogP contribution in [0.5, 0.6) is 0 Å². The number of nitrogens with one attached hydrogen (secondary N) is 1. The average Bonchev–Trinajstić information content (AvgIpc) is 2.39. The summed E-state index contributed by atoms with van der Waals surface area (Å²) < 4.78 is 26.4. The molecule has 0 atom stereocenters. The zero-order chi connectivity index (χ0) is 13.8. The van der Waals surface area contributed by atoms with Crippen LogP contribution in [0.2, 0.25) is 0 Å². The fourth-order valence-electron chi connectivity index (χ4n) is 1.69. The number of hydrogen-bond donors (Lipinski definition) is 1. The minimum atomic E-state index is -0.492. The van der Waals surface area contributed by atoms with Crippen LogP contribution in [0.3, 0.4) is 0 Å². The average molecular weight is 259 g/mol. The molecular formula is C14H11F2N3. The summed E-state index contributed by atoms with van der Waals surface area (Å²) in [6.07, 6.45) is 0. The number of pyridine rings is 1. The van der Waals surface area contributed by atoms with Crippen molar-refractivity contribution in [2.24, 2.45) is 0 Å². The first-order chi connectivity index (χ1) is 9.08. The van der Waals surface area contributed by atoms with E-state index >= 15 is 0 Å². The van der Waals surface area contributed by atoms with Crippen molar-refractivity contribution in [3.63, 3.8) is 0 Å². The van der Waals surface area contributed by atoms with E-state index in [1.807, 2.05) is 6.07 Å². The van der Waals surface area contributed by atoms with Gasteiger partial charge in [-0.15, -0.1) is 0 Å². The van der Waals surface area contributed by atoms with Crippen molar-refractivity contribution in [1.82, 2.24) is 4.98 Å². The summed E-state index contributed by atoms with van der Waals surface area (Å²) in [4.78, 5) is 4.17. The van der Waals surface area contributed by atoms with Crippen LogP contribution in [-0.2, 0) is 6.54 Å². The van der Waals surface area contributed by atoms with Crippen molar-refractivity contribution in [3.8, 4) is 6.07 Å². The van der Waals surface area contributed by atoms with Gasteiger partial charge in [0.25, 0.3) is 0 Å². The summed E-state index contributed by atoms with van der Waals surface area (Å²) in [5.41, 5.74) is 1.36. The maximum absolute atomic E-state index is 13.4. The number of hydrogen-bond acceptors (Lipinski definition) is 3. The number of anilines is 1. The van der Waals surface area contributed by atoms with Crippen molar-refractivity contribution < 1.29 is 8.78 Å². The summed E-state index contributed by atoms with van der Waals surface area (Å²) in [7, 11) is 0. The van der Waals surface area contributed by atoms with Gasteiger partial charge in [-0.25, -0.2) is 13.8 Å². The van der Waals surface area contributed by atoms with Crippen molar-refractivity contribution in [2.45, 2.75) is 13.5 Å². The van der Waals surface area contributed by atoms with Crippen LogP contribution in [0.15, 0.2) is 30.3 Å².